The first kappa shape index (κ1) is 15.1. The molecule has 0 amide bonds. The summed E-state index contributed by atoms with van der Waals surface area (Å²) in [7, 11) is 3.88. The van der Waals surface area contributed by atoms with Crippen LogP contribution in [0.15, 0.2) is 6.33 Å². The van der Waals surface area contributed by atoms with Crippen LogP contribution in [0.5, 0.6) is 0 Å². The Morgan fingerprint density at radius 1 is 1.42 bits per heavy atom. The first-order chi connectivity index (χ1) is 8.95. The number of rotatable bonds is 7. The van der Waals surface area contributed by atoms with E-state index in [2.05, 4.69) is 20.6 Å². The van der Waals surface area contributed by atoms with Gasteiger partial charge in [0.25, 0.3) is 0 Å². The lowest BCUT2D eigenvalue weighted by Crippen LogP contribution is -2.30. The molecule has 1 atom stereocenters. The summed E-state index contributed by atoms with van der Waals surface area (Å²) in [5.74, 6) is 0.479. The van der Waals surface area contributed by atoms with Gasteiger partial charge in [-0.2, -0.15) is 0 Å². The second-order valence-electron chi connectivity index (χ2n) is 4.51. The van der Waals surface area contributed by atoms with Crippen LogP contribution >= 0.6 is 0 Å². The Morgan fingerprint density at radius 3 is 2.58 bits per heavy atom. The number of hydrogen-bond donors (Lipinski definition) is 2. The molecule has 0 fully saturated rings. The van der Waals surface area contributed by atoms with E-state index < -0.39 is 4.92 Å². The molecule has 0 bridgehead atoms. The maximum atomic E-state index is 11.2. The van der Waals surface area contributed by atoms with Gasteiger partial charge in [-0.1, -0.05) is 0 Å². The quantitative estimate of drug-likeness (QED) is 0.566. The van der Waals surface area contributed by atoms with Crippen molar-refractivity contribution in [1.82, 2.24) is 14.9 Å². The molecule has 106 valence electrons. The van der Waals surface area contributed by atoms with Gasteiger partial charge < -0.3 is 15.5 Å². The number of anilines is 2. The van der Waals surface area contributed by atoms with Crippen molar-refractivity contribution >= 4 is 17.3 Å². The van der Waals surface area contributed by atoms with E-state index in [0.29, 0.717) is 6.54 Å². The van der Waals surface area contributed by atoms with E-state index in [4.69, 9.17) is 0 Å². The van der Waals surface area contributed by atoms with Crippen LogP contribution in [0, 0.1) is 10.1 Å². The minimum Gasteiger partial charge on any atom is -0.364 e. The van der Waals surface area contributed by atoms with Gasteiger partial charge in [0.2, 0.25) is 11.6 Å². The molecular weight excluding hydrogens is 248 g/mol. The second-order valence-corrected chi connectivity index (χ2v) is 4.51. The maximum Gasteiger partial charge on any atom is 0.353 e. The molecule has 1 heterocycles. The molecule has 1 aromatic rings. The average molecular weight is 268 g/mol. The Bertz CT molecular complexity index is 437. The molecule has 1 rings (SSSR count). The fourth-order valence-corrected chi connectivity index (χ4v) is 1.78. The Hall–Kier alpha value is -1.96. The molecule has 0 saturated carbocycles. The molecule has 0 saturated heterocycles. The highest BCUT2D eigenvalue weighted by Gasteiger charge is 2.23. The van der Waals surface area contributed by atoms with Crippen molar-refractivity contribution in [2.24, 2.45) is 0 Å². The summed E-state index contributed by atoms with van der Waals surface area (Å²) in [5, 5.41) is 17.1. The van der Waals surface area contributed by atoms with Crippen LogP contribution in [0.4, 0.5) is 17.3 Å². The largest absolute Gasteiger partial charge is 0.364 e. The van der Waals surface area contributed by atoms with Crippen LogP contribution in [0.3, 0.4) is 0 Å². The zero-order valence-electron chi connectivity index (χ0n) is 11.7. The number of hydrogen-bond acceptors (Lipinski definition) is 7. The highest BCUT2D eigenvalue weighted by atomic mass is 16.6. The van der Waals surface area contributed by atoms with Gasteiger partial charge in [-0.05, 0) is 27.9 Å². The summed E-state index contributed by atoms with van der Waals surface area (Å²) in [6.45, 7) is 5.11. The van der Waals surface area contributed by atoms with Crippen molar-refractivity contribution in [2.75, 3.05) is 37.8 Å². The van der Waals surface area contributed by atoms with Crippen LogP contribution < -0.4 is 10.6 Å². The third kappa shape index (κ3) is 4.32. The smallest absolute Gasteiger partial charge is 0.353 e. The molecule has 0 spiro atoms. The highest BCUT2D eigenvalue weighted by molar-refractivity contribution is 5.69. The summed E-state index contributed by atoms with van der Waals surface area (Å²) in [5.41, 5.74) is -0.116. The van der Waals surface area contributed by atoms with Crippen molar-refractivity contribution < 1.29 is 4.92 Å². The predicted octanol–water partition coefficient (Wildman–Crippen LogP) is 1.18. The van der Waals surface area contributed by atoms with E-state index in [9.17, 15) is 10.1 Å². The molecule has 1 aromatic heterocycles. The van der Waals surface area contributed by atoms with E-state index in [-0.39, 0.29) is 23.4 Å². The lowest BCUT2D eigenvalue weighted by atomic mass is 10.3. The van der Waals surface area contributed by atoms with Crippen LogP contribution in [0.25, 0.3) is 0 Å². The molecule has 0 aromatic carbocycles. The van der Waals surface area contributed by atoms with E-state index in [0.717, 1.165) is 6.54 Å². The Balaban J connectivity index is 2.99. The molecule has 8 nitrogen and oxygen atoms in total. The first-order valence-electron chi connectivity index (χ1n) is 6.10. The second kappa shape index (κ2) is 6.83. The predicted molar refractivity (Wildman–Crippen MR) is 74.5 cm³/mol. The van der Waals surface area contributed by atoms with Gasteiger partial charge in [-0.3, -0.25) is 10.1 Å². The molecule has 0 radical (unpaired) electrons. The summed E-state index contributed by atoms with van der Waals surface area (Å²) in [6.07, 6.45) is 1.32. The minimum absolute atomic E-state index is 0.0399. The topological polar surface area (TPSA) is 96.2 Å². The van der Waals surface area contributed by atoms with E-state index in [1.165, 1.54) is 6.33 Å². The summed E-state index contributed by atoms with van der Waals surface area (Å²) >= 11 is 0. The molecule has 0 aliphatic rings. The van der Waals surface area contributed by atoms with Gasteiger partial charge in [0.1, 0.15) is 6.33 Å². The third-order valence-corrected chi connectivity index (χ3v) is 2.37. The Labute approximate surface area is 112 Å². The average Bonchev–Trinajstić information content (AvgIpc) is 2.27. The molecule has 0 aliphatic carbocycles. The van der Waals surface area contributed by atoms with E-state index in [1.807, 2.05) is 32.8 Å². The van der Waals surface area contributed by atoms with Crippen molar-refractivity contribution in [3.05, 3.63) is 16.4 Å². The lowest BCUT2D eigenvalue weighted by Gasteiger charge is -2.18. The van der Waals surface area contributed by atoms with Gasteiger partial charge in [0.15, 0.2) is 0 Å². The zero-order valence-corrected chi connectivity index (χ0v) is 11.7. The molecule has 1 unspecified atom stereocenters. The summed E-state index contributed by atoms with van der Waals surface area (Å²) in [4.78, 5) is 20.6. The summed E-state index contributed by atoms with van der Waals surface area (Å²) in [6, 6.07) is 0.0399. The first-order valence-corrected chi connectivity index (χ1v) is 6.10. The van der Waals surface area contributed by atoms with Crippen molar-refractivity contribution in [1.29, 1.82) is 0 Å². The fourth-order valence-electron chi connectivity index (χ4n) is 1.78. The molecule has 19 heavy (non-hydrogen) atoms. The molecule has 2 N–H and O–H groups in total. The zero-order chi connectivity index (χ0) is 14.4. The van der Waals surface area contributed by atoms with Gasteiger partial charge >= 0.3 is 5.69 Å². The molecule has 0 aliphatic heterocycles. The van der Waals surface area contributed by atoms with Crippen LogP contribution in [0.2, 0.25) is 0 Å². The maximum absolute atomic E-state index is 11.2. The Morgan fingerprint density at radius 2 is 2.05 bits per heavy atom. The van der Waals surface area contributed by atoms with Crippen molar-refractivity contribution in [3.63, 3.8) is 0 Å². The highest BCUT2D eigenvalue weighted by Crippen LogP contribution is 2.28. The minimum atomic E-state index is -0.470. The van der Waals surface area contributed by atoms with E-state index >= 15 is 0 Å². The van der Waals surface area contributed by atoms with Crippen molar-refractivity contribution in [2.45, 2.75) is 19.9 Å². The van der Waals surface area contributed by atoms with Crippen LogP contribution in [-0.4, -0.2) is 53.0 Å². The van der Waals surface area contributed by atoms with Gasteiger partial charge in [0, 0.05) is 19.1 Å². The number of nitro groups is 1. The Kier molecular flexibility index (Phi) is 5.43. The van der Waals surface area contributed by atoms with Crippen LogP contribution in [0.1, 0.15) is 13.8 Å². The van der Waals surface area contributed by atoms with Gasteiger partial charge in [0.05, 0.1) is 4.92 Å². The number of likely N-dealkylation sites (N-methyl/N-ethyl adjacent to an activating group) is 1. The number of aromatic nitrogens is 2. The summed E-state index contributed by atoms with van der Waals surface area (Å²) < 4.78 is 0. The number of nitrogens with one attached hydrogen (secondary N) is 2. The normalized spacial score (nSPS) is 12.3. The number of nitrogens with zero attached hydrogens (tertiary/aromatic N) is 4. The molecular formula is C11H20N6O2. The standard InChI is InChI=1S/C11H20N6O2/c1-5-12-10-9(17(18)19)11(14-7-13-10)15-8(2)6-16(3)4/h7-8H,5-6H2,1-4H3,(H2,12,13,14,15). The third-order valence-electron chi connectivity index (χ3n) is 2.37. The van der Waals surface area contributed by atoms with E-state index in [1.54, 1.807) is 0 Å². The van der Waals surface area contributed by atoms with Crippen molar-refractivity contribution in [3.8, 4) is 0 Å². The monoisotopic (exact) mass is 268 g/mol. The lowest BCUT2D eigenvalue weighted by molar-refractivity contribution is -0.383. The fraction of sp³-hybridized carbons (Fsp3) is 0.636. The van der Waals surface area contributed by atoms with Gasteiger partial charge in [-0.15, -0.1) is 0 Å². The SMILES string of the molecule is CCNc1ncnc(NC(C)CN(C)C)c1[N+](=O)[O-]. The van der Waals surface area contributed by atoms with Crippen LogP contribution in [-0.2, 0) is 0 Å². The van der Waals surface area contributed by atoms with Gasteiger partial charge in [-0.25, -0.2) is 9.97 Å². The molecule has 8 heteroatoms.